The van der Waals surface area contributed by atoms with Crippen molar-refractivity contribution >= 4 is 5.91 Å². The first kappa shape index (κ1) is 22.7. The molecule has 1 saturated heterocycles. The number of likely N-dealkylation sites (tertiary alicyclic amines) is 1. The molecule has 1 aromatic carbocycles. The van der Waals surface area contributed by atoms with Gasteiger partial charge in [0.25, 0.3) is 11.9 Å². The molecule has 0 saturated carbocycles. The molecular formula is C26H32N6O2. The zero-order valence-corrected chi connectivity index (χ0v) is 20.0. The van der Waals surface area contributed by atoms with Crippen molar-refractivity contribution < 1.29 is 9.53 Å². The normalized spacial score (nSPS) is 17.8. The maximum Gasteiger partial charge on any atom is 0.254 e. The van der Waals surface area contributed by atoms with Crippen LogP contribution in [-0.2, 0) is 24.2 Å². The summed E-state index contributed by atoms with van der Waals surface area (Å²) in [5.41, 5.74) is 5.70. The lowest BCUT2D eigenvalue weighted by molar-refractivity contribution is 0.0936. The number of carbonyl (C=O) groups is 1. The highest BCUT2D eigenvalue weighted by Crippen LogP contribution is 2.31. The van der Waals surface area contributed by atoms with Gasteiger partial charge in [0, 0.05) is 31.5 Å². The highest BCUT2D eigenvalue weighted by molar-refractivity contribution is 5.95. The van der Waals surface area contributed by atoms with E-state index in [0.717, 1.165) is 55.6 Å². The molecule has 1 aliphatic heterocycles. The molecule has 0 radical (unpaired) electrons. The van der Waals surface area contributed by atoms with Crippen LogP contribution < -0.4 is 5.32 Å². The van der Waals surface area contributed by atoms with E-state index >= 15 is 0 Å². The Hall–Kier alpha value is -3.10. The SMILES string of the molecule is CCN1CCC[C@H]1CNC(=O)c1cnn(-c2ncc3c(n2)-c2ccccc2CCC3)c1COC. The zero-order chi connectivity index (χ0) is 23.5. The van der Waals surface area contributed by atoms with Gasteiger partial charge in [-0.25, -0.2) is 9.97 Å². The van der Waals surface area contributed by atoms with E-state index in [-0.39, 0.29) is 12.5 Å². The first-order valence-electron chi connectivity index (χ1n) is 12.2. The smallest absolute Gasteiger partial charge is 0.254 e. The summed E-state index contributed by atoms with van der Waals surface area (Å²) in [7, 11) is 1.62. The number of benzene rings is 1. The molecule has 1 aliphatic carbocycles. The van der Waals surface area contributed by atoms with Crippen LogP contribution in [0.15, 0.2) is 36.7 Å². The largest absolute Gasteiger partial charge is 0.378 e. The topological polar surface area (TPSA) is 85.2 Å². The van der Waals surface area contributed by atoms with Gasteiger partial charge in [0.05, 0.1) is 29.8 Å². The molecule has 0 unspecified atom stereocenters. The van der Waals surface area contributed by atoms with Crippen molar-refractivity contribution in [2.75, 3.05) is 26.7 Å². The highest BCUT2D eigenvalue weighted by Gasteiger charge is 2.26. The Morgan fingerprint density at radius 3 is 2.88 bits per heavy atom. The van der Waals surface area contributed by atoms with Crippen LogP contribution in [0.5, 0.6) is 0 Å². The summed E-state index contributed by atoms with van der Waals surface area (Å²) in [6.07, 6.45) is 8.83. The van der Waals surface area contributed by atoms with E-state index in [9.17, 15) is 4.79 Å². The second-order valence-corrected chi connectivity index (χ2v) is 9.04. The van der Waals surface area contributed by atoms with Crippen LogP contribution in [0.2, 0.25) is 0 Å². The Labute approximate surface area is 200 Å². The van der Waals surface area contributed by atoms with Gasteiger partial charge >= 0.3 is 0 Å². The Kier molecular flexibility index (Phi) is 6.69. The molecule has 1 fully saturated rings. The van der Waals surface area contributed by atoms with Crippen LogP contribution in [0.1, 0.15) is 53.4 Å². The summed E-state index contributed by atoms with van der Waals surface area (Å²) in [5, 5.41) is 7.62. The monoisotopic (exact) mass is 460 g/mol. The predicted octanol–water partition coefficient (Wildman–Crippen LogP) is 3.18. The number of methoxy groups -OCH3 is 1. The standard InChI is InChI=1S/C26H32N6O2/c1-3-31-13-7-11-20(31)15-27-25(33)22-16-29-32(23(22)17-34-2)26-28-14-19-10-6-9-18-8-4-5-12-21(18)24(19)30-26/h4-5,8,12,14,16,20H,3,6-7,9-11,13,15,17H2,1-2H3,(H,27,33)/t20-/m0/s1. The number of hydrogen-bond donors (Lipinski definition) is 1. The predicted molar refractivity (Wildman–Crippen MR) is 130 cm³/mol. The van der Waals surface area contributed by atoms with Crippen molar-refractivity contribution in [1.82, 2.24) is 30.0 Å². The zero-order valence-electron chi connectivity index (χ0n) is 20.0. The minimum atomic E-state index is -0.138. The Bertz CT molecular complexity index is 1170. The van der Waals surface area contributed by atoms with Gasteiger partial charge in [0.1, 0.15) is 0 Å². The van der Waals surface area contributed by atoms with E-state index < -0.39 is 0 Å². The molecule has 1 atom stereocenters. The molecule has 3 heterocycles. The van der Waals surface area contributed by atoms with Gasteiger partial charge in [-0.3, -0.25) is 9.69 Å². The molecule has 2 aromatic heterocycles. The number of carbonyl (C=O) groups excluding carboxylic acids is 1. The van der Waals surface area contributed by atoms with Crippen molar-refractivity contribution in [1.29, 1.82) is 0 Å². The number of rotatable bonds is 7. The molecule has 1 amide bonds. The fourth-order valence-electron chi connectivity index (χ4n) is 5.21. The second kappa shape index (κ2) is 10.0. The van der Waals surface area contributed by atoms with E-state index in [2.05, 4.69) is 45.4 Å². The molecule has 8 nitrogen and oxygen atoms in total. The minimum absolute atomic E-state index is 0.138. The van der Waals surface area contributed by atoms with E-state index in [1.165, 1.54) is 12.0 Å². The van der Waals surface area contributed by atoms with Crippen molar-refractivity contribution in [3.8, 4) is 17.2 Å². The third kappa shape index (κ3) is 4.35. The first-order chi connectivity index (χ1) is 16.7. The molecule has 34 heavy (non-hydrogen) atoms. The summed E-state index contributed by atoms with van der Waals surface area (Å²) in [5.74, 6) is 0.316. The third-order valence-corrected chi connectivity index (χ3v) is 7.00. The lowest BCUT2D eigenvalue weighted by Crippen LogP contribution is -2.40. The Morgan fingerprint density at radius 1 is 1.18 bits per heavy atom. The van der Waals surface area contributed by atoms with Gasteiger partial charge in [-0.1, -0.05) is 31.2 Å². The van der Waals surface area contributed by atoms with E-state index in [1.54, 1.807) is 18.0 Å². The Balaban J connectivity index is 1.44. The molecule has 0 bridgehead atoms. The maximum absolute atomic E-state index is 13.1. The van der Waals surface area contributed by atoms with E-state index in [0.29, 0.717) is 29.8 Å². The quantitative estimate of drug-likeness (QED) is 0.583. The number of nitrogens with zero attached hydrogens (tertiary/aromatic N) is 5. The van der Waals surface area contributed by atoms with Crippen molar-refractivity contribution in [2.24, 2.45) is 0 Å². The van der Waals surface area contributed by atoms with Gasteiger partial charge in [-0.15, -0.1) is 0 Å². The summed E-state index contributed by atoms with van der Waals surface area (Å²) in [6.45, 7) is 5.15. The van der Waals surface area contributed by atoms with Gasteiger partial charge in [0.2, 0.25) is 0 Å². The van der Waals surface area contributed by atoms with Crippen LogP contribution in [0, 0.1) is 0 Å². The fourth-order valence-corrected chi connectivity index (χ4v) is 5.21. The lowest BCUT2D eigenvalue weighted by Gasteiger charge is -2.22. The average Bonchev–Trinajstić information content (AvgIpc) is 3.45. The van der Waals surface area contributed by atoms with Crippen molar-refractivity contribution in [3.63, 3.8) is 0 Å². The molecule has 8 heteroatoms. The van der Waals surface area contributed by atoms with E-state index in [1.807, 2.05) is 12.3 Å². The number of fused-ring (bicyclic) bond motifs is 3. The first-order valence-corrected chi connectivity index (χ1v) is 12.2. The number of aryl methyl sites for hydroxylation is 2. The number of ether oxygens (including phenoxy) is 1. The average molecular weight is 461 g/mol. The summed E-state index contributed by atoms with van der Waals surface area (Å²) in [4.78, 5) is 25.1. The Morgan fingerprint density at radius 2 is 2.03 bits per heavy atom. The van der Waals surface area contributed by atoms with Crippen LogP contribution in [0.4, 0.5) is 0 Å². The van der Waals surface area contributed by atoms with Crippen molar-refractivity contribution in [3.05, 3.63) is 59.0 Å². The van der Waals surface area contributed by atoms with Gasteiger partial charge in [-0.2, -0.15) is 9.78 Å². The molecule has 2 aliphatic rings. The molecule has 0 spiro atoms. The van der Waals surface area contributed by atoms with Gasteiger partial charge in [-0.05, 0) is 56.3 Å². The maximum atomic E-state index is 13.1. The van der Waals surface area contributed by atoms with Gasteiger partial charge < -0.3 is 10.1 Å². The van der Waals surface area contributed by atoms with Crippen LogP contribution >= 0.6 is 0 Å². The van der Waals surface area contributed by atoms with E-state index in [4.69, 9.17) is 9.72 Å². The van der Waals surface area contributed by atoms with Crippen LogP contribution in [0.3, 0.4) is 0 Å². The van der Waals surface area contributed by atoms with Crippen LogP contribution in [0.25, 0.3) is 17.2 Å². The molecule has 3 aromatic rings. The highest BCUT2D eigenvalue weighted by atomic mass is 16.5. The van der Waals surface area contributed by atoms with Gasteiger partial charge in [0.15, 0.2) is 0 Å². The molecule has 1 N–H and O–H groups in total. The molecule has 178 valence electrons. The number of aromatic nitrogens is 4. The molecule has 5 rings (SSSR count). The summed E-state index contributed by atoms with van der Waals surface area (Å²) < 4.78 is 7.07. The third-order valence-electron chi connectivity index (χ3n) is 7.00. The lowest BCUT2D eigenvalue weighted by atomic mass is 10.0. The number of hydrogen-bond acceptors (Lipinski definition) is 6. The molecular weight excluding hydrogens is 428 g/mol. The number of nitrogens with one attached hydrogen (secondary N) is 1. The van der Waals surface area contributed by atoms with Crippen LogP contribution in [-0.4, -0.2) is 63.3 Å². The van der Waals surface area contributed by atoms with Crippen molar-refractivity contribution in [2.45, 2.75) is 51.7 Å². The fraction of sp³-hybridized carbons (Fsp3) is 0.462. The number of amides is 1. The number of likely N-dealkylation sites (N-methyl/N-ethyl adjacent to an activating group) is 1. The second-order valence-electron chi connectivity index (χ2n) is 9.04. The minimum Gasteiger partial charge on any atom is -0.378 e. The summed E-state index contributed by atoms with van der Waals surface area (Å²) >= 11 is 0. The summed E-state index contributed by atoms with van der Waals surface area (Å²) in [6, 6.07) is 8.81.